The van der Waals surface area contributed by atoms with Gasteiger partial charge in [-0.3, -0.25) is 14.4 Å². The zero-order valence-electron chi connectivity index (χ0n) is 15.9. The van der Waals surface area contributed by atoms with E-state index in [1.165, 1.54) is 0 Å². The summed E-state index contributed by atoms with van der Waals surface area (Å²) < 4.78 is 0. The van der Waals surface area contributed by atoms with Crippen LogP contribution in [0.2, 0.25) is 0 Å². The SMILES string of the molecule is O=C(NCc1ccccc1)C1CCN(C(=O)c2n[nH]c(=O)c3ccccc23)CC1. The summed E-state index contributed by atoms with van der Waals surface area (Å²) in [6.07, 6.45) is 1.21. The van der Waals surface area contributed by atoms with Crippen molar-refractivity contribution in [1.82, 2.24) is 20.4 Å². The Hall–Kier alpha value is -3.48. The summed E-state index contributed by atoms with van der Waals surface area (Å²) in [6.45, 7) is 1.47. The number of fused-ring (bicyclic) bond motifs is 1. The number of amides is 2. The topological polar surface area (TPSA) is 95.2 Å². The predicted molar refractivity (Wildman–Crippen MR) is 109 cm³/mol. The molecule has 4 rings (SSSR count). The van der Waals surface area contributed by atoms with Gasteiger partial charge in [-0.25, -0.2) is 5.10 Å². The van der Waals surface area contributed by atoms with Gasteiger partial charge in [0.25, 0.3) is 11.5 Å². The normalized spacial score (nSPS) is 14.7. The van der Waals surface area contributed by atoms with Gasteiger partial charge in [0.15, 0.2) is 5.69 Å². The van der Waals surface area contributed by atoms with E-state index in [1.54, 1.807) is 29.2 Å². The number of carbonyl (C=O) groups excluding carboxylic acids is 2. The van der Waals surface area contributed by atoms with E-state index in [0.29, 0.717) is 43.2 Å². The zero-order valence-corrected chi connectivity index (χ0v) is 15.9. The first kappa shape index (κ1) is 18.9. The Morgan fingerprint density at radius 1 is 1.00 bits per heavy atom. The monoisotopic (exact) mass is 390 g/mol. The van der Waals surface area contributed by atoms with E-state index in [2.05, 4.69) is 15.5 Å². The van der Waals surface area contributed by atoms with E-state index in [-0.39, 0.29) is 29.0 Å². The lowest BCUT2D eigenvalue weighted by Gasteiger charge is -2.31. The Kier molecular flexibility index (Phi) is 5.37. The summed E-state index contributed by atoms with van der Waals surface area (Å²) in [5.41, 5.74) is 0.989. The van der Waals surface area contributed by atoms with E-state index >= 15 is 0 Å². The van der Waals surface area contributed by atoms with Gasteiger partial charge < -0.3 is 10.2 Å². The van der Waals surface area contributed by atoms with Gasteiger partial charge >= 0.3 is 0 Å². The van der Waals surface area contributed by atoms with E-state index < -0.39 is 0 Å². The third-order valence-electron chi connectivity index (χ3n) is 5.36. The van der Waals surface area contributed by atoms with Crippen LogP contribution >= 0.6 is 0 Å². The summed E-state index contributed by atoms with van der Waals surface area (Å²) in [5, 5.41) is 10.4. The average Bonchev–Trinajstić information content (AvgIpc) is 2.78. The Morgan fingerprint density at radius 2 is 1.66 bits per heavy atom. The molecule has 0 saturated carbocycles. The Morgan fingerprint density at radius 3 is 2.38 bits per heavy atom. The molecular formula is C22H22N4O3. The van der Waals surface area contributed by atoms with Gasteiger partial charge in [0, 0.05) is 30.9 Å². The van der Waals surface area contributed by atoms with Gasteiger partial charge in [0.2, 0.25) is 5.91 Å². The molecule has 0 aliphatic carbocycles. The number of piperidine rings is 1. The number of hydrogen-bond acceptors (Lipinski definition) is 4. The van der Waals surface area contributed by atoms with Crippen molar-refractivity contribution in [1.29, 1.82) is 0 Å². The quantitative estimate of drug-likeness (QED) is 0.713. The summed E-state index contributed by atoms with van der Waals surface area (Å²) in [5.74, 6) is -0.308. The van der Waals surface area contributed by atoms with Crippen LogP contribution in [0, 0.1) is 5.92 Å². The number of carbonyl (C=O) groups is 2. The van der Waals surface area contributed by atoms with Crippen molar-refractivity contribution in [3.05, 3.63) is 76.2 Å². The van der Waals surface area contributed by atoms with Crippen LogP contribution in [0.5, 0.6) is 0 Å². The molecule has 3 aromatic rings. The Labute approximate surface area is 167 Å². The second-order valence-electron chi connectivity index (χ2n) is 7.22. The predicted octanol–water partition coefficient (Wildman–Crippen LogP) is 2.09. The zero-order chi connectivity index (χ0) is 20.2. The lowest BCUT2D eigenvalue weighted by Crippen LogP contribution is -2.43. The van der Waals surface area contributed by atoms with Crippen LogP contribution in [0.15, 0.2) is 59.4 Å². The molecule has 2 N–H and O–H groups in total. The average molecular weight is 390 g/mol. The van der Waals surface area contributed by atoms with Crippen LogP contribution in [-0.2, 0) is 11.3 Å². The van der Waals surface area contributed by atoms with Crippen molar-refractivity contribution in [2.24, 2.45) is 5.92 Å². The van der Waals surface area contributed by atoms with Gasteiger partial charge in [-0.15, -0.1) is 0 Å². The Bertz CT molecular complexity index is 1090. The Balaban J connectivity index is 1.38. The van der Waals surface area contributed by atoms with Crippen LogP contribution in [0.3, 0.4) is 0 Å². The highest BCUT2D eigenvalue weighted by Gasteiger charge is 2.29. The van der Waals surface area contributed by atoms with Gasteiger partial charge in [-0.1, -0.05) is 48.5 Å². The summed E-state index contributed by atoms with van der Waals surface area (Å²) >= 11 is 0. The van der Waals surface area contributed by atoms with Crippen molar-refractivity contribution < 1.29 is 9.59 Å². The molecule has 0 spiro atoms. The van der Waals surface area contributed by atoms with Crippen molar-refractivity contribution in [3.63, 3.8) is 0 Å². The molecule has 1 aliphatic heterocycles. The molecule has 29 heavy (non-hydrogen) atoms. The molecule has 7 nitrogen and oxygen atoms in total. The fourth-order valence-electron chi connectivity index (χ4n) is 3.70. The molecule has 1 aromatic heterocycles. The fourth-order valence-corrected chi connectivity index (χ4v) is 3.70. The number of hydrogen-bond donors (Lipinski definition) is 2. The van der Waals surface area contributed by atoms with Crippen LogP contribution in [-0.4, -0.2) is 40.0 Å². The van der Waals surface area contributed by atoms with Gasteiger partial charge in [-0.05, 0) is 24.5 Å². The molecule has 0 radical (unpaired) electrons. The number of nitrogens with zero attached hydrogens (tertiary/aromatic N) is 2. The number of benzene rings is 2. The minimum Gasteiger partial charge on any atom is -0.352 e. The highest BCUT2D eigenvalue weighted by molar-refractivity contribution is 6.04. The highest BCUT2D eigenvalue weighted by Crippen LogP contribution is 2.21. The highest BCUT2D eigenvalue weighted by atomic mass is 16.2. The minimum absolute atomic E-state index is 0.0218. The molecule has 7 heteroatoms. The number of likely N-dealkylation sites (tertiary alicyclic amines) is 1. The maximum Gasteiger partial charge on any atom is 0.274 e. The van der Waals surface area contributed by atoms with Crippen molar-refractivity contribution in [3.8, 4) is 0 Å². The maximum atomic E-state index is 13.0. The number of aromatic amines is 1. The van der Waals surface area contributed by atoms with Crippen LogP contribution in [0.25, 0.3) is 10.8 Å². The molecular weight excluding hydrogens is 368 g/mol. The van der Waals surface area contributed by atoms with E-state index in [0.717, 1.165) is 5.56 Å². The summed E-state index contributed by atoms with van der Waals surface area (Å²) in [6, 6.07) is 16.7. The number of aromatic nitrogens is 2. The summed E-state index contributed by atoms with van der Waals surface area (Å²) in [7, 11) is 0. The fraction of sp³-hybridized carbons (Fsp3) is 0.273. The molecule has 1 aliphatic rings. The van der Waals surface area contributed by atoms with Crippen molar-refractivity contribution in [2.45, 2.75) is 19.4 Å². The standard InChI is InChI=1S/C22H22N4O3/c27-20(23-14-15-6-2-1-3-7-15)16-10-12-26(13-11-16)22(29)19-17-8-4-5-9-18(17)21(28)25-24-19/h1-9,16H,10-14H2,(H,23,27)(H,25,28). The lowest BCUT2D eigenvalue weighted by atomic mass is 9.95. The van der Waals surface area contributed by atoms with Crippen molar-refractivity contribution >= 4 is 22.6 Å². The third-order valence-corrected chi connectivity index (χ3v) is 5.36. The molecule has 0 atom stereocenters. The van der Waals surface area contributed by atoms with Gasteiger partial charge in [0.05, 0.1) is 5.39 Å². The van der Waals surface area contributed by atoms with Gasteiger partial charge in [-0.2, -0.15) is 5.10 Å². The largest absolute Gasteiger partial charge is 0.352 e. The first-order valence-corrected chi connectivity index (χ1v) is 9.72. The van der Waals surface area contributed by atoms with E-state index in [4.69, 9.17) is 0 Å². The lowest BCUT2D eigenvalue weighted by molar-refractivity contribution is -0.126. The second-order valence-corrected chi connectivity index (χ2v) is 7.22. The van der Waals surface area contributed by atoms with Crippen LogP contribution < -0.4 is 10.9 Å². The molecule has 2 amide bonds. The first-order valence-electron chi connectivity index (χ1n) is 9.72. The van der Waals surface area contributed by atoms with Crippen molar-refractivity contribution in [2.75, 3.05) is 13.1 Å². The second kappa shape index (κ2) is 8.26. The van der Waals surface area contributed by atoms with E-state index in [9.17, 15) is 14.4 Å². The molecule has 0 bridgehead atoms. The van der Waals surface area contributed by atoms with E-state index in [1.807, 2.05) is 30.3 Å². The molecule has 0 unspecified atom stereocenters. The maximum absolute atomic E-state index is 13.0. The molecule has 1 saturated heterocycles. The number of rotatable bonds is 4. The number of nitrogens with one attached hydrogen (secondary N) is 2. The molecule has 148 valence electrons. The van der Waals surface area contributed by atoms with Crippen LogP contribution in [0.1, 0.15) is 28.9 Å². The molecule has 2 aromatic carbocycles. The third kappa shape index (κ3) is 4.03. The smallest absolute Gasteiger partial charge is 0.274 e. The molecule has 1 fully saturated rings. The van der Waals surface area contributed by atoms with Crippen LogP contribution in [0.4, 0.5) is 0 Å². The first-order chi connectivity index (χ1) is 14.1. The number of H-pyrrole nitrogens is 1. The minimum atomic E-state index is -0.314. The molecule has 2 heterocycles. The van der Waals surface area contributed by atoms with Gasteiger partial charge in [0.1, 0.15) is 0 Å². The summed E-state index contributed by atoms with van der Waals surface area (Å²) in [4.78, 5) is 39.0.